The van der Waals surface area contributed by atoms with Crippen LogP contribution in [0, 0.1) is 11.6 Å². The summed E-state index contributed by atoms with van der Waals surface area (Å²) in [7, 11) is -3.93. The highest BCUT2D eigenvalue weighted by atomic mass is 32.2. The lowest BCUT2D eigenvalue weighted by Gasteiger charge is -2.44. The van der Waals surface area contributed by atoms with E-state index in [-0.39, 0.29) is 29.7 Å². The number of sulfonamides is 1. The minimum Gasteiger partial charge on any atom is -0.339 e. The van der Waals surface area contributed by atoms with E-state index < -0.39 is 33.7 Å². The molecule has 0 N–H and O–H groups in total. The van der Waals surface area contributed by atoms with Crippen LogP contribution in [0.25, 0.3) is 0 Å². The summed E-state index contributed by atoms with van der Waals surface area (Å²) in [5.74, 6) is -1.35. The van der Waals surface area contributed by atoms with Gasteiger partial charge in [0.05, 0.1) is 24.0 Å². The van der Waals surface area contributed by atoms with Gasteiger partial charge in [-0.25, -0.2) is 17.2 Å². The first-order chi connectivity index (χ1) is 13.8. The quantitative estimate of drug-likeness (QED) is 0.765. The van der Waals surface area contributed by atoms with Crippen LogP contribution in [0.1, 0.15) is 24.4 Å². The third-order valence-corrected chi connectivity index (χ3v) is 7.67. The van der Waals surface area contributed by atoms with Crippen molar-refractivity contribution in [1.29, 1.82) is 0 Å². The number of hydrogen-bond donors (Lipinski definition) is 0. The van der Waals surface area contributed by atoms with Gasteiger partial charge in [-0.15, -0.1) is 0 Å². The van der Waals surface area contributed by atoms with Gasteiger partial charge in [-0.2, -0.15) is 4.31 Å². The number of halogens is 2. The van der Waals surface area contributed by atoms with Crippen molar-refractivity contribution >= 4 is 15.9 Å². The SMILES string of the molecule is O=C1N2C(CCC2c2ccccc2F)OC12CN(S(=O)(=O)c1cccc(F)c1)C2. The molecule has 29 heavy (non-hydrogen) atoms. The molecule has 3 saturated heterocycles. The fraction of sp³-hybridized carbons (Fsp3) is 0.350. The second-order valence-corrected chi connectivity index (χ2v) is 9.56. The number of amides is 1. The molecule has 152 valence electrons. The lowest BCUT2D eigenvalue weighted by molar-refractivity contribution is -0.150. The first kappa shape index (κ1) is 18.7. The second kappa shape index (κ2) is 6.32. The first-order valence-electron chi connectivity index (χ1n) is 9.33. The third-order valence-electron chi connectivity index (χ3n) is 5.88. The van der Waals surface area contributed by atoms with E-state index >= 15 is 0 Å². The van der Waals surface area contributed by atoms with Gasteiger partial charge in [0, 0.05) is 5.56 Å². The topological polar surface area (TPSA) is 66.9 Å². The summed E-state index contributed by atoms with van der Waals surface area (Å²) >= 11 is 0. The smallest absolute Gasteiger partial charge is 0.260 e. The number of carbonyl (C=O) groups excluding carboxylic acids is 1. The van der Waals surface area contributed by atoms with Crippen molar-refractivity contribution < 1.29 is 26.7 Å². The average Bonchev–Trinajstić information content (AvgIpc) is 3.19. The van der Waals surface area contributed by atoms with E-state index in [1.807, 2.05) is 0 Å². The molecule has 2 aromatic rings. The van der Waals surface area contributed by atoms with Crippen molar-refractivity contribution in [1.82, 2.24) is 9.21 Å². The molecule has 1 amide bonds. The highest BCUT2D eigenvalue weighted by Crippen LogP contribution is 2.48. The standard InChI is InChI=1S/C20H18F2N2O4S/c21-13-4-3-5-14(10-13)29(26,27)23-11-20(12-23)19(25)24-17(8-9-18(24)28-20)15-6-1-2-7-16(15)22/h1-7,10,17-18H,8-9,11-12H2. The fourth-order valence-electron chi connectivity index (χ4n) is 4.44. The highest BCUT2D eigenvalue weighted by Gasteiger charge is 2.64. The molecule has 0 aliphatic carbocycles. The normalized spacial score (nSPS) is 26.0. The molecule has 3 fully saturated rings. The number of nitrogens with zero attached hydrogens (tertiary/aromatic N) is 2. The van der Waals surface area contributed by atoms with Crippen molar-refractivity contribution in [2.75, 3.05) is 13.1 Å². The Morgan fingerprint density at radius 1 is 1.03 bits per heavy atom. The molecule has 0 radical (unpaired) electrons. The summed E-state index contributed by atoms with van der Waals surface area (Å²) in [4.78, 5) is 14.5. The van der Waals surface area contributed by atoms with E-state index in [0.717, 1.165) is 16.4 Å². The van der Waals surface area contributed by atoms with E-state index in [9.17, 15) is 22.0 Å². The Morgan fingerprint density at radius 3 is 2.52 bits per heavy atom. The molecular weight excluding hydrogens is 402 g/mol. The minimum absolute atomic E-state index is 0.137. The largest absolute Gasteiger partial charge is 0.339 e. The molecule has 2 aromatic carbocycles. The Hall–Kier alpha value is -2.36. The van der Waals surface area contributed by atoms with E-state index in [2.05, 4.69) is 0 Å². The Kier molecular flexibility index (Phi) is 4.06. The van der Waals surface area contributed by atoms with Crippen molar-refractivity contribution in [3.8, 4) is 0 Å². The summed E-state index contributed by atoms with van der Waals surface area (Å²) in [6, 6.07) is 10.6. The zero-order chi connectivity index (χ0) is 20.4. The predicted molar refractivity (Wildman–Crippen MR) is 98.0 cm³/mol. The Bertz CT molecular complexity index is 1100. The number of benzene rings is 2. The van der Waals surface area contributed by atoms with Gasteiger partial charge in [-0.1, -0.05) is 24.3 Å². The summed E-state index contributed by atoms with van der Waals surface area (Å²) in [6.45, 7) is -0.274. The lowest BCUT2D eigenvalue weighted by Crippen LogP contribution is -2.67. The summed E-state index contributed by atoms with van der Waals surface area (Å²) in [5.41, 5.74) is -0.817. The number of hydrogen-bond acceptors (Lipinski definition) is 4. The minimum atomic E-state index is -3.93. The molecule has 3 aliphatic heterocycles. The number of rotatable bonds is 3. The van der Waals surface area contributed by atoms with Crippen molar-refractivity contribution in [3.05, 3.63) is 65.7 Å². The van der Waals surface area contributed by atoms with Gasteiger partial charge >= 0.3 is 0 Å². The Balaban J connectivity index is 1.37. The fourth-order valence-corrected chi connectivity index (χ4v) is 6.01. The number of ether oxygens (including phenoxy) is 1. The van der Waals surface area contributed by atoms with Crippen LogP contribution >= 0.6 is 0 Å². The Labute approximate surface area is 166 Å². The molecule has 2 unspecified atom stereocenters. The lowest BCUT2D eigenvalue weighted by atomic mass is 9.94. The second-order valence-electron chi connectivity index (χ2n) is 7.62. The molecule has 0 saturated carbocycles. The van der Waals surface area contributed by atoms with Gasteiger partial charge in [0.1, 0.15) is 17.9 Å². The van der Waals surface area contributed by atoms with Gasteiger partial charge < -0.3 is 9.64 Å². The monoisotopic (exact) mass is 420 g/mol. The van der Waals surface area contributed by atoms with Crippen LogP contribution in [0.2, 0.25) is 0 Å². The highest BCUT2D eigenvalue weighted by molar-refractivity contribution is 7.89. The van der Waals surface area contributed by atoms with Gasteiger partial charge in [0.2, 0.25) is 10.0 Å². The molecule has 0 aromatic heterocycles. The molecule has 3 heterocycles. The molecular formula is C20H18F2N2O4S. The first-order valence-corrected chi connectivity index (χ1v) is 10.8. The van der Waals surface area contributed by atoms with Gasteiger partial charge in [0.25, 0.3) is 5.91 Å². The molecule has 2 atom stereocenters. The van der Waals surface area contributed by atoms with E-state index in [4.69, 9.17) is 4.74 Å². The summed E-state index contributed by atoms with van der Waals surface area (Å²) in [6.07, 6.45) is 0.646. The predicted octanol–water partition coefficient (Wildman–Crippen LogP) is 2.43. The average molecular weight is 420 g/mol. The number of fused-ring (bicyclic) bond motifs is 1. The van der Waals surface area contributed by atoms with Crippen LogP contribution in [0.3, 0.4) is 0 Å². The summed E-state index contributed by atoms with van der Waals surface area (Å²) in [5, 5.41) is 0. The van der Waals surface area contributed by atoms with Crippen LogP contribution in [0.4, 0.5) is 8.78 Å². The third kappa shape index (κ3) is 2.72. The molecule has 9 heteroatoms. The number of carbonyl (C=O) groups is 1. The van der Waals surface area contributed by atoms with Crippen LogP contribution < -0.4 is 0 Å². The van der Waals surface area contributed by atoms with Gasteiger partial charge in [0.15, 0.2) is 5.60 Å². The molecule has 6 nitrogen and oxygen atoms in total. The zero-order valence-corrected chi connectivity index (χ0v) is 16.1. The molecule has 3 aliphatic rings. The maximum atomic E-state index is 14.3. The molecule has 0 bridgehead atoms. The van der Waals surface area contributed by atoms with E-state index in [1.165, 1.54) is 18.2 Å². The molecule has 5 rings (SSSR count). The van der Waals surface area contributed by atoms with E-state index in [0.29, 0.717) is 18.4 Å². The van der Waals surface area contributed by atoms with Crippen molar-refractivity contribution in [2.45, 2.75) is 35.6 Å². The van der Waals surface area contributed by atoms with Crippen molar-refractivity contribution in [3.63, 3.8) is 0 Å². The van der Waals surface area contributed by atoms with Crippen LogP contribution in [0.15, 0.2) is 53.4 Å². The maximum absolute atomic E-state index is 14.3. The Morgan fingerprint density at radius 2 is 1.79 bits per heavy atom. The van der Waals surface area contributed by atoms with Gasteiger partial charge in [-0.3, -0.25) is 4.79 Å². The zero-order valence-electron chi connectivity index (χ0n) is 15.3. The van der Waals surface area contributed by atoms with Crippen LogP contribution in [-0.4, -0.2) is 48.4 Å². The summed E-state index contributed by atoms with van der Waals surface area (Å²) < 4.78 is 60.2. The molecule has 1 spiro atoms. The van der Waals surface area contributed by atoms with Gasteiger partial charge in [-0.05, 0) is 37.1 Å². The van der Waals surface area contributed by atoms with E-state index in [1.54, 1.807) is 23.1 Å². The van der Waals surface area contributed by atoms with Crippen LogP contribution in [-0.2, 0) is 19.6 Å². The maximum Gasteiger partial charge on any atom is 0.260 e. The van der Waals surface area contributed by atoms with Crippen LogP contribution in [0.5, 0.6) is 0 Å². The van der Waals surface area contributed by atoms with Crippen molar-refractivity contribution in [2.24, 2.45) is 0 Å².